The molecule has 18 heavy (non-hydrogen) atoms. The van der Waals surface area contributed by atoms with Gasteiger partial charge in [0.2, 0.25) is 0 Å². The topological polar surface area (TPSA) is 29.5 Å². The molecule has 2 nitrogen and oxygen atoms in total. The van der Waals surface area contributed by atoms with Gasteiger partial charge in [-0.1, -0.05) is 36.8 Å². The van der Waals surface area contributed by atoms with Crippen molar-refractivity contribution in [3.63, 3.8) is 0 Å². The molecule has 1 aromatic carbocycles. The summed E-state index contributed by atoms with van der Waals surface area (Å²) in [5.41, 5.74) is 2.16. The molecule has 0 bridgehead atoms. The predicted molar refractivity (Wildman–Crippen MR) is 73.5 cm³/mol. The van der Waals surface area contributed by atoms with Crippen molar-refractivity contribution in [2.45, 2.75) is 51.7 Å². The zero-order valence-corrected chi connectivity index (χ0v) is 11.4. The molecule has 2 heteroatoms. The van der Waals surface area contributed by atoms with E-state index in [9.17, 15) is 5.11 Å². The minimum Gasteiger partial charge on any atom is -0.386 e. The Morgan fingerprint density at radius 2 is 1.78 bits per heavy atom. The van der Waals surface area contributed by atoms with Crippen molar-refractivity contribution in [1.82, 2.24) is 0 Å². The Balaban J connectivity index is 1.77. The first-order chi connectivity index (χ1) is 8.65. The number of benzene rings is 1. The van der Waals surface area contributed by atoms with Crippen molar-refractivity contribution in [3.05, 3.63) is 35.4 Å². The Labute approximate surface area is 110 Å². The summed E-state index contributed by atoms with van der Waals surface area (Å²) in [5.74, 6) is 0.840. The first kappa shape index (κ1) is 13.6. The lowest BCUT2D eigenvalue weighted by Crippen LogP contribution is -2.22. The van der Waals surface area contributed by atoms with Crippen LogP contribution in [0.25, 0.3) is 0 Å². The van der Waals surface area contributed by atoms with E-state index in [-0.39, 0.29) is 0 Å². The van der Waals surface area contributed by atoms with Crippen molar-refractivity contribution in [1.29, 1.82) is 0 Å². The van der Waals surface area contributed by atoms with Crippen LogP contribution in [-0.2, 0) is 4.74 Å². The summed E-state index contributed by atoms with van der Waals surface area (Å²) in [5, 5.41) is 10.1. The third kappa shape index (κ3) is 3.82. The number of rotatable bonds is 4. The molecule has 1 atom stereocenters. The van der Waals surface area contributed by atoms with Gasteiger partial charge in [0.15, 0.2) is 0 Å². The van der Waals surface area contributed by atoms with Gasteiger partial charge >= 0.3 is 0 Å². The minimum absolute atomic E-state index is 0.348. The lowest BCUT2D eigenvalue weighted by Gasteiger charge is -2.27. The smallest absolute Gasteiger partial charge is 0.102 e. The van der Waals surface area contributed by atoms with Gasteiger partial charge in [-0.25, -0.2) is 0 Å². The van der Waals surface area contributed by atoms with E-state index in [1.165, 1.54) is 18.4 Å². The fourth-order valence-electron chi connectivity index (χ4n) is 2.51. The standard InChI is InChI=1S/C16H24O2/c1-12-3-7-14(8-4-12)16(17)11-18-15-9-5-13(2)6-10-15/h3-4,7-8,13,15-17H,5-6,9-11H2,1-2H3. The van der Waals surface area contributed by atoms with Crippen molar-refractivity contribution in [2.75, 3.05) is 6.61 Å². The van der Waals surface area contributed by atoms with E-state index in [4.69, 9.17) is 4.74 Å². The second-order valence-corrected chi connectivity index (χ2v) is 5.64. The highest BCUT2D eigenvalue weighted by molar-refractivity contribution is 5.23. The maximum atomic E-state index is 10.1. The van der Waals surface area contributed by atoms with E-state index in [2.05, 4.69) is 13.8 Å². The van der Waals surface area contributed by atoms with Gasteiger partial charge in [0, 0.05) is 0 Å². The summed E-state index contributed by atoms with van der Waals surface area (Å²) < 4.78 is 5.83. The molecular formula is C16H24O2. The zero-order chi connectivity index (χ0) is 13.0. The molecule has 1 N–H and O–H groups in total. The molecule has 1 unspecified atom stereocenters. The van der Waals surface area contributed by atoms with Crippen LogP contribution >= 0.6 is 0 Å². The van der Waals surface area contributed by atoms with Gasteiger partial charge in [-0.05, 0) is 44.1 Å². The molecule has 1 fully saturated rings. The molecule has 0 heterocycles. The summed E-state index contributed by atoms with van der Waals surface area (Å²) in [6.45, 7) is 4.77. The minimum atomic E-state index is -0.495. The van der Waals surface area contributed by atoms with Gasteiger partial charge in [0.1, 0.15) is 6.10 Å². The fraction of sp³-hybridized carbons (Fsp3) is 0.625. The number of hydrogen-bond acceptors (Lipinski definition) is 2. The number of aliphatic hydroxyl groups excluding tert-OH is 1. The Hall–Kier alpha value is -0.860. The van der Waals surface area contributed by atoms with Crippen LogP contribution in [-0.4, -0.2) is 17.8 Å². The molecule has 0 aliphatic heterocycles. The van der Waals surface area contributed by atoms with Crippen LogP contribution in [0.2, 0.25) is 0 Å². The third-order valence-electron chi connectivity index (χ3n) is 3.91. The Morgan fingerprint density at radius 3 is 2.39 bits per heavy atom. The molecule has 1 aliphatic carbocycles. The van der Waals surface area contributed by atoms with E-state index in [1.807, 2.05) is 24.3 Å². The Kier molecular flexibility index (Phi) is 4.79. The average Bonchev–Trinajstić information content (AvgIpc) is 2.38. The van der Waals surface area contributed by atoms with Gasteiger partial charge < -0.3 is 9.84 Å². The molecule has 2 rings (SSSR count). The zero-order valence-electron chi connectivity index (χ0n) is 11.4. The third-order valence-corrected chi connectivity index (χ3v) is 3.91. The van der Waals surface area contributed by atoms with E-state index in [0.717, 1.165) is 24.3 Å². The molecule has 1 aliphatic rings. The van der Waals surface area contributed by atoms with E-state index >= 15 is 0 Å². The molecular weight excluding hydrogens is 224 g/mol. The van der Waals surface area contributed by atoms with Crippen molar-refractivity contribution in [3.8, 4) is 0 Å². The molecule has 0 spiro atoms. The van der Waals surface area contributed by atoms with Crippen LogP contribution in [0.15, 0.2) is 24.3 Å². The van der Waals surface area contributed by atoms with Crippen molar-refractivity contribution >= 4 is 0 Å². The van der Waals surface area contributed by atoms with Crippen molar-refractivity contribution < 1.29 is 9.84 Å². The summed E-state index contributed by atoms with van der Waals surface area (Å²) in [6.07, 6.45) is 4.64. The summed E-state index contributed by atoms with van der Waals surface area (Å²) in [7, 11) is 0. The molecule has 0 amide bonds. The second kappa shape index (κ2) is 6.35. The van der Waals surface area contributed by atoms with Gasteiger partial charge in [-0.2, -0.15) is 0 Å². The lowest BCUT2D eigenvalue weighted by molar-refractivity contribution is -0.0294. The lowest BCUT2D eigenvalue weighted by atomic mass is 9.89. The highest BCUT2D eigenvalue weighted by Crippen LogP contribution is 2.26. The quantitative estimate of drug-likeness (QED) is 0.881. The Morgan fingerprint density at radius 1 is 1.17 bits per heavy atom. The number of aryl methyl sites for hydroxylation is 1. The SMILES string of the molecule is Cc1ccc(C(O)COC2CCC(C)CC2)cc1. The number of ether oxygens (including phenoxy) is 1. The van der Waals surface area contributed by atoms with Crippen LogP contribution in [0, 0.1) is 12.8 Å². The monoisotopic (exact) mass is 248 g/mol. The second-order valence-electron chi connectivity index (χ2n) is 5.64. The van der Waals surface area contributed by atoms with E-state index < -0.39 is 6.10 Å². The number of hydrogen-bond donors (Lipinski definition) is 1. The first-order valence-corrected chi connectivity index (χ1v) is 7.01. The summed E-state index contributed by atoms with van der Waals surface area (Å²) in [4.78, 5) is 0. The van der Waals surface area contributed by atoms with Crippen molar-refractivity contribution in [2.24, 2.45) is 5.92 Å². The van der Waals surface area contributed by atoms with Crippen LogP contribution in [0.4, 0.5) is 0 Å². The molecule has 0 aromatic heterocycles. The predicted octanol–water partition coefficient (Wildman–Crippen LogP) is 3.62. The molecule has 1 aromatic rings. The van der Waals surface area contributed by atoms with Crippen LogP contribution in [0.3, 0.4) is 0 Å². The van der Waals surface area contributed by atoms with Gasteiger partial charge in [-0.3, -0.25) is 0 Å². The first-order valence-electron chi connectivity index (χ1n) is 7.01. The largest absolute Gasteiger partial charge is 0.386 e. The van der Waals surface area contributed by atoms with E-state index in [1.54, 1.807) is 0 Å². The fourth-order valence-corrected chi connectivity index (χ4v) is 2.51. The summed E-state index contributed by atoms with van der Waals surface area (Å²) >= 11 is 0. The molecule has 1 saturated carbocycles. The van der Waals surface area contributed by atoms with Gasteiger partial charge in [-0.15, -0.1) is 0 Å². The van der Waals surface area contributed by atoms with Crippen LogP contribution in [0.5, 0.6) is 0 Å². The maximum Gasteiger partial charge on any atom is 0.102 e. The van der Waals surface area contributed by atoms with Crippen LogP contribution in [0.1, 0.15) is 49.8 Å². The Bertz CT molecular complexity index is 350. The van der Waals surface area contributed by atoms with Gasteiger partial charge in [0.25, 0.3) is 0 Å². The normalized spacial score (nSPS) is 25.9. The summed E-state index contributed by atoms with van der Waals surface area (Å²) in [6, 6.07) is 8.01. The maximum absolute atomic E-state index is 10.1. The van der Waals surface area contributed by atoms with E-state index in [0.29, 0.717) is 12.7 Å². The molecule has 0 radical (unpaired) electrons. The highest BCUT2D eigenvalue weighted by atomic mass is 16.5. The highest BCUT2D eigenvalue weighted by Gasteiger charge is 2.19. The average molecular weight is 248 g/mol. The molecule has 100 valence electrons. The molecule has 0 saturated heterocycles. The van der Waals surface area contributed by atoms with Gasteiger partial charge in [0.05, 0.1) is 12.7 Å². The van der Waals surface area contributed by atoms with Crippen LogP contribution < -0.4 is 0 Å². The number of aliphatic hydroxyl groups is 1.